The maximum atomic E-state index is 11.7. The van der Waals surface area contributed by atoms with Gasteiger partial charge in [-0.15, -0.1) is 0 Å². The Morgan fingerprint density at radius 2 is 2.20 bits per heavy atom. The van der Waals surface area contributed by atoms with Crippen molar-refractivity contribution in [3.63, 3.8) is 0 Å². The largest absolute Gasteiger partial charge is 0.479 e. The van der Waals surface area contributed by atoms with Gasteiger partial charge in [-0.2, -0.15) is 5.26 Å². The molecular formula is C13H14ClN3O3. The number of urea groups is 1. The zero-order valence-corrected chi connectivity index (χ0v) is 11.8. The molecular weight excluding hydrogens is 282 g/mol. The van der Waals surface area contributed by atoms with Crippen LogP contribution in [0.5, 0.6) is 5.75 Å². The third-order valence-electron chi connectivity index (χ3n) is 2.31. The number of rotatable bonds is 4. The lowest BCUT2D eigenvalue weighted by atomic mass is 10.2. The molecule has 6 nitrogen and oxygen atoms in total. The van der Waals surface area contributed by atoms with Crippen molar-refractivity contribution in [2.24, 2.45) is 0 Å². The first-order valence-electron chi connectivity index (χ1n) is 5.93. The van der Waals surface area contributed by atoms with E-state index in [0.717, 1.165) is 0 Å². The van der Waals surface area contributed by atoms with Crippen LogP contribution >= 0.6 is 11.6 Å². The van der Waals surface area contributed by atoms with E-state index in [1.54, 1.807) is 6.92 Å². The van der Waals surface area contributed by atoms with Crippen molar-refractivity contribution in [3.8, 4) is 11.8 Å². The van der Waals surface area contributed by atoms with E-state index in [9.17, 15) is 9.59 Å². The summed E-state index contributed by atoms with van der Waals surface area (Å²) in [4.78, 5) is 22.9. The number of amides is 3. The van der Waals surface area contributed by atoms with Crippen LogP contribution in [0.2, 0.25) is 5.02 Å². The van der Waals surface area contributed by atoms with E-state index in [0.29, 0.717) is 12.1 Å². The molecule has 0 spiro atoms. The maximum absolute atomic E-state index is 11.7. The van der Waals surface area contributed by atoms with Crippen LogP contribution in [0.15, 0.2) is 18.2 Å². The lowest BCUT2D eigenvalue weighted by Gasteiger charge is -2.15. The summed E-state index contributed by atoms with van der Waals surface area (Å²) in [7, 11) is 0. The van der Waals surface area contributed by atoms with Crippen LogP contribution in [-0.2, 0) is 4.79 Å². The second kappa shape index (κ2) is 7.36. The first-order valence-corrected chi connectivity index (χ1v) is 6.30. The van der Waals surface area contributed by atoms with Crippen LogP contribution in [0, 0.1) is 11.3 Å². The van der Waals surface area contributed by atoms with Crippen molar-refractivity contribution < 1.29 is 14.3 Å². The minimum Gasteiger partial charge on any atom is -0.479 e. The highest BCUT2D eigenvalue weighted by Crippen LogP contribution is 2.26. The fraction of sp³-hybridized carbons (Fsp3) is 0.308. The SMILES string of the molecule is CCNC(=O)NC(=O)[C@@H](C)Oc1ccc(C#N)cc1Cl. The fourth-order valence-corrected chi connectivity index (χ4v) is 1.55. The van der Waals surface area contributed by atoms with Crippen LogP contribution in [0.1, 0.15) is 19.4 Å². The van der Waals surface area contributed by atoms with Gasteiger partial charge in [0.15, 0.2) is 6.10 Å². The van der Waals surface area contributed by atoms with Gasteiger partial charge in [0.2, 0.25) is 0 Å². The van der Waals surface area contributed by atoms with Crippen molar-refractivity contribution in [2.75, 3.05) is 6.54 Å². The summed E-state index contributed by atoms with van der Waals surface area (Å²) in [5.74, 6) is -0.319. The Bertz CT molecular complexity index is 554. The third-order valence-corrected chi connectivity index (χ3v) is 2.60. The minimum atomic E-state index is -0.900. The van der Waals surface area contributed by atoms with E-state index >= 15 is 0 Å². The number of nitriles is 1. The molecule has 0 aliphatic heterocycles. The first-order chi connectivity index (χ1) is 9.47. The Hall–Kier alpha value is -2.26. The molecule has 0 radical (unpaired) electrons. The molecule has 0 fully saturated rings. The van der Waals surface area contributed by atoms with Crippen molar-refractivity contribution in [2.45, 2.75) is 20.0 Å². The van der Waals surface area contributed by atoms with E-state index < -0.39 is 18.0 Å². The summed E-state index contributed by atoms with van der Waals surface area (Å²) in [6.07, 6.45) is -0.900. The molecule has 0 aliphatic rings. The number of nitrogens with one attached hydrogen (secondary N) is 2. The van der Waals surface area contributed by atoms with Crippen molar-refractivity contribution in [3.05, 3.63) is 28.8 Å². The average Bonchev–Trinajstić information content (AvgIpc) is 2.41. The van der Waals surface area contributed by atoms with Crippen LogP contribution < -0.4 is 15.4 Å². The summed E-state index contributed by atoms with van der Waals surface area (Å²) < 4.78 is 5.35. The van der Waals surface area contributed by atoms with Gasteiger partial charge in [0.05, 0.1) is 16.7 Å². The molecule has 0 saturated carbocycles. The van der Waals surface area contributed by atoms with Crippen molar-refractivity contribution in [1.29, 1.82) is 5.26 Å². The van der Waals surface area contributed by atoms with Crippen LogP contribution in [-0.4, -0.2) is 24.6 Å². The number of hydrogen-bond donors (Lipinski definition) is 2. The van der Waals surface area contributed by atoms with Gasteiger partial charge in [-0.05, 0) is 32.0 Å². The molecule has 0 aliphatic carbocycles. The minimum absolute atomic E-state index is 0.224. The van der Waals surface area contributed by atoms with Gasteiger partial charge in [-0.3, -0.25) is 10.1 Å². The molecule has 1 aromatic carbocycles. The van der Waals surface area contributed by atoms with E-state index in [2.05, 4.69) is 10.6 Å². The van der Waals surface area contributed by atoms with Gasteiger partial charge in [0.1, 0.15) is 5.75 Å². The van der Waals surface area contributed by atoms with Crippen LogP contribution in [0.25, 0.3) is 0 Å². The van der Waals surface area contributed by atoms with Crippen molar-refractivity contribution in [1.82, 2.24) is 10.6 Å². The summed E-state index contributed by atoms with van der Waals surface area (Å²) >= 11 is 5.93. The van der Waals surface area contributed by atoms with E-state index in [1.165, 1.54) is 25.1 Å². The lowest BCUT2D eigenvalue weighted by Crippen LogP contribution is -2.45. The predicted molar refractivity (Wildman–Crippen MR) is 73.5 cm³/mol. The molecule has 0 bridgehead atoms. The highest BCUT2D eigenvalue weighted by molar-refractivity contribution is 6.32. The number of carbonyl (C=O) groups is 2. The number of ether oxygens (including phenoxy) is 1. The molecule has 7 heteroatoms. The first kappa shape index (κ1) is 15.8. The average molecular weight is 296 g/mol. The van der Waals surface area contributed by atoms with Gasteiger partial charge >= 0.3 is 6.03 Å². The summed E-state index contributed by atoms with van der Waals surface area (Å²) in [6, 6.07) is 5.81. The molecule has 1 aromatic rings. The Morgan fingerprint density at radius 1 is 1.50 bits per heavy atom. The van der Waals surface area contributed by atoms with Gasteiger partial charge in [0, 0.05) is 6.54 Å². The quantitative estimate of drug-likeness (QED) is 0.886. The Kier molecular flexibility index (Phi) is 5.81. The number of halogens is 1. The lowest BCUT2D eigenvalue weighted by molar-refractivity contribution is -0.126. The Balaban J connectivity index is 2.66. The molecule has 2 N–H and O–H groups in total. The smallest absolute Gasteiger partial charge is 0.321 e. The molecule has 0 saturated heterocycles. The van der Waals surface area contributed by atoms with Gasteiger partial charge in [-0.1, -0.05) is 11.6 Å². The maximum Gasteiger partial charge on any atom is 0.321 e. The van der Waals surface area contributed by atoms with E-state index in [1.807, 2.05) is 6.07 Å². The molecule has 0 aromatic heterocycles. The summed E-state index contributed by atoms with van der Waals surface area (Å²) in [5.41, 5.74) is 0.391. The molecule has 3 amide bonds. The number of carbonyl (C=O) groups excluding carboxylic acids is 2. The number of imide groups is 1. The Morgan fingerprint density at radius 3 is 2.75 bits per heavy atom. The zero-order valence-electron chi connectivity index (χ0n) is 11.1. The van der Waals surface area contributed by atoms with Gasteiger partial charge < -0.3 is 10.1 Å². The number of hydrogen-bond acceptors (Lipinski definition) is 4. The topological polar surface area (TPSA) is 91.2 Å². The Labute approximate surface area is 121 Å². The fourth-order valence-electron chi connectivity index (χ4n) is 1.33. The third kappa shape index (κ3) is 4.44. The summed E-state index contributed by atoms with van der Waals surface area (Å²) in [6.45, 7) is 3.64. The second-order valence-corrected chi connectivity index (χ2v) is 4.27. The van der Waals surface area contributed by atoms with E-state index in [4.69, 9.17) is 21.6 Å². The molecule has 20 heavy (non-hydrogen) atoms. The molecule has 1 rings (SSSR count). The predicted octanol–water partition coefficient (Wildman–Crippen LogP) is 1.82. The highest BCUT2D eigenvalue weighted by atomic mass is 35.5. The second-order valence-electron chi connectivity index (χ2n) is 3.87. The van der Waals surface area contributed by atoms with E-state index in [-0.39, 0.29) is 10.8 Å². The number of benzene rings is 1. The molecule has 0 unspecified atom stereocenters. The molecule has 106 valence electrons. The van der Waals surface area contributed by atoms with Crippen LogP contribution in [0.4, 0.5) is 4.79 Å². The van der Waals surface area contributed by atoms with Gasteiger partial charge in [0.25, 0.3) is 5.91 Å². The molecule has 0 heterocycles. The van der Waals surface area contributed by atoms with Crippen LogP contribution in [0.3, 0.4) is 0 Å². The number of nitrogens with zero attached hydrogens (tertiary/aromatic N) is 1. The highest BCUT2D eigenvalue weighted by Gasteiger charge is 2.18. The van der Waals surface area contributed by atoms with Gasteiger partial charge in [-0.25, -0.2) is 4.79 Å². The van der Waals surface area contributed by atoms with Crippen molar-refractivity contribution >= 4 is 23.5 Å². The zero-order chi connectivity index (χ0) is 15.1. The molecule has 1 atom stereocenters. The summed E-state index contributed by atoms with van der Waals surface area (Å²) in [5, 5.41) is 13.5. The monoisotopic (exact) mass is 295 g/mol. The standard InChI is InChI=1S/C13H14ClN3O3/c1-3-16-13(19)17-12(18)8(2)20-11-5-4-9(7-15)6-10(11)14/h4-6,8H,3H2,1-2H3,(H2,16,17,18,19)/t8-/m1/s1. The normalized spacial score (nSPS) is 11.1.